The van der Waals surface area contributed by atoms with Crippen LogP contribution in [0.2, 0.25) is 4.31 Å². The monoisotopic (exact) mass is 570 g/mol. The Kier molecular flexibility index (Phi) is 11.4. The summed E-state index contributed by atoms with van der Waals surface area (Å²) in [4.78, 5) is 13.1. The van der Waals surface area contributed by atoms with Gasteiger partial charge in [-0.15, -0.1) is 0 Å². The molecule has 0 fully saturated rings. The number of carbonyl (C=O) groups is 1. The van der Waals surface area contributed by atoms with Crippen LogP contribution in [0.25, 0.3) is 0 Å². The van der Waals surface area contributed by atoms with Crippen LogP contribution in [0.4, 0.5) is 0 Å². The van der Waals surface area contributed by atoms with Gasteiger partial charge in [0.1, 0.15) is 0 Å². The number of ether oxygens (including phenoxy) is 3. The van der Waals surface area contributed by atoms with E-state index in [1.54, 1.807) is 6.92 Å². The van der Waals surface area contributed by atoms with Crippen molar-refractivity contribution >= 4 is 25.4 Å². The summed E-state index contributed by atoms with van der Waals surface area (Å²) in [6, 6.07) is 29.8. The van der Waals surface area contributed by atoms with Gasteiger partial charge in [0.05, 0.1) is 0 Å². The molecule has 0 aliphatic rings. The fourth-order valence-electron chi connectivity index (χ4n) is 4.47. The molecule has 0 amide bonds. The zero-order valence-electron chi connectivity index (χ0n) is 22.1. The number of carbonyl (C=O) groups excluding carboxylic acids is 1. The maximum absolute atomic E-state index is 13.1. The molecule has 0 bridgehead atoms. The van der Waals surface area contributed by atoms with Crippen LogP contribution in [0, 0.1) is 11.8 Å². The molecule has 0 unspecified atom stereocenters. The van der Waals surface area contributed by atoms with Gasteiger partial charge < -0.3 is 0 Å². The number of methoxy groups -OCH3 is 1. The van der Waals surface area contributed by atoms with E-state index in [0.29, 0.717) is 19.8 Å². The molecule has 1 N–H and O–H groups in total. The summed E-state index contributed by atoms with van der Waals surface area (Å²) in [5.74, 6) is -0.789. The third-order valence-corrected chi connectivity index (χ3v) is 9.39. The average molecular weight is 570 g/mol. The Morgan fingerprint density at radius 3 is 1.92 bits per heavy atom. The molecule has 37 heavy (non-hydrogen) atoms. The SMILES string of the molecule is COC(=O)[C@](C)([Se]c1ccccc1)[C@H](O)[C@@H](C)[C@@H](OCc1ccccc1)[C@@H](C)COCc1ccccc1. The standard InChI is InChI=1S/C31H38O5Se/c1-23(20-35-21-25-14-8-5-9-15-25)28(36-22-26-16-10-6-11-17-26)24(2)29(32)31(3,30(33)34-4)37-27-18-12-7-13-19-27/h5-19,23-24,28-29,32H,20-22H2,1-4H3/t23-,24-,28-,29+,31+/m0/s1. The molecule has 0 saturated heterocycles. The second kappa shape index (κ2) is 14.5. The van der Waals surface area contributed by atoms with Crippen LogP contribution in [-0.2, 0) is 32.2 Å². The normalized spacial score (nSPS) is 16.2. The molecule has 198 valence electrons. The van der Waals surface area contributed by atoms with Crippen LogP contribution in [0.5, 0.6) is 0 Å². The van der Waals surface area contributed by atoms with Gasteiger partial charge in [0, 0.05) is 0 Å². The number of hydrogen-bond acceptors (Lipinski definition) is 5. The predicted molar refractivity (Wildman–Crippen MR) is 148 cm³/mol. The van der Waals surface area contributed by atoms with Crippen LogP contribution in [0.1, 0.15) is 31.9 Å². The van der Waals surface area contributed by atoms with Crippen molar-refractivity contribution < 1.29 is 24.1 Å². The number of hydrogen-bond donors (Lipinski definition) is 1. The topological polar surface area (TPSA) is 65.0 Å². The van der Waals surface area contributed by atoms with E-state index in [4.69, 9.17) is 14.2 Å². The van der Waals surface area contributed by atoms with Gasteiger partial charge in [0.2, 0.25) is 0 Å². The van der Waals surface area contributed by atoms with Crippen molar-refractivity contribution in [1.29, 1.82) is 0 Å². The number of aliphatic hydroxyl groups is 1. The Morgan fingerprint density at radius 1 is 0.865 bits per heavy atom. The molecular weight excluding hydrogens is 531 g/mol. The van der Waals surface area contributed by atoms with Crippen molar-refractivity contribution in [1.82, 2.24) is 0 Å². The van der Waals surface area contributed by atoms with E-state index in [0.717, 1.165) is 15.6 Å². The molecule has 3 rings (SSSR count). The van der Waals surface area contributed by atoms with Crippen molar-refractivity contribution in [2.75, 3.05) is 13.7 Å². The maximum atomic E-state index is 13.1. The van der Waals surface area contributed by atoms with Crippen LogP contribution in [0.3, 0.4) is 0 Å². The van der Waals surface area contributed by atoms with Gasteiger partial charge in [-0.3, -0.25) is 0 Å². The van der Waals surface area contributed by atoms with E-state index in [1.165, 1.54) is 7.11 Å². The average Bonchev–Trinajstić information content (AvgIpc) is 2.93. The van der Waals surface area contributed by atoms with E-state index < -0.39 is 16.4 Å². The van der Waals surface area contributed by atoms with E-state index in [-0.39, 0.29) is 32.9 Å². The van der Waals surface area contributed by atoms with Gasteiger partial charge in [-0.2, -0.15) is 0 Å². The first-order valence-electron chi connectivity index (χ1n) is 12.6. The van der Waals surface area contributed by atoms with Gasteiger partial charge in [-0.25, -0.2) is 0 Å². The molecule has 3 aromatic carbocycles. The predicted octanol–water partition coefficient (Wildman–Crippen LogP) is 4.80. The molecule has 0 radical (unpaired) electrons. The van der Waals surface area contributed by atoms with Crippen LogP contribution < -0.4 is 4.46 Å². The Morgan fingerprint density at radius 2 is 1.38 bits per heavy atom. The van der Waals surface area contributed by atoms with Gasteiger partial charge in [-0.1, -0.05) is 0 Å². The summed E-state index contributed by atoms with van der Waals surface area (Å²) < 4.78 is 17.6. The van der Waals surface area contributed by atoms with Crippen molar-refractivity contribution in [3.63, 3.8) is 0 Å². The summed E-state index contributed by atoms with van der Waals surface area (Å²) in [7, 11) is 1.38. The van der Waals surface area contributed by atoms with Crippen LogP contribution in [-0.4, -0.2) is 52.0 Å². The third kappa shape index (κ3) is 8.26. The second-order valence-electron chi connectivity index (χ2n) is 9.56. The molecule has 5 atom stereocenters. The molecular formula is C31H38O5Se. The molecule has 0 aromatic heterocycles. The molecule has 0 heterocycles. The van der Waals surface area contributed by atoms with Crippen molar-refractivity contribution in [3.05, 3.63) is 102 Å². The van der Waals surface area contributed by atoms with E-state index in [2.05, 4.69) is 6.92 Å². The Hall–Kier alpha value is -2.47. The number of benzene rings is 3. The van der Waals surface area contributed by atoms with Crippen molar-refractivity contribution in [2.45, 2.75) is 50.5 Å². The fourth-order valence-corrected chi connectivity index (χ4v) is 7.17. The molecule has 0 aliphatic heterocycles. The fraction of sp³-hybridized carbons (Fsp3) is 0.387. The first kappa shape index (κ1) is 29.1. The van der Waals surface area contributed by atoms with Crippen LogP contribution >= 0.6 is 0 Å². The Bertz CT molecular complexity index is 1060. The van der Waals surface area contributed by atoms with Gasteiger partial charge in [0.15, 0.2) is 0 Å². The molecule has 3 aromatic rings. The van der Waals surface area contributed by atoms with E-state index >= 15 is 0 Å². The molecule has 0 aliphatic carbocycles. The summed E-state index contributed by atoms with van der Waals surface area (Å²) in [6.07, 6.45) is -1.32. The summed E-state index contributed by atoms with van der Waals surface area (Å²) in [6.45, 7) is 7.20. The molecule has 5 nitrogen and oxygen atoms in total. The quantitative estimate of drug-likeness (QED) is 0.223. The summed E-state index contributed by atoms with van der Waals surface area (Å²) in [5, 5.41) is 11.7. The van der Waals surface area contributed by atoms with Crippen molar-refractivity contribution in [3.8, 4) is 0 Å². The van der Waals surface area contributed by atoms with Crippen molar-refractivity contribution in [2.24, 2.45) is 11.8 Å². The van der Waals surface area contributed by atoms with Gasteiger partial charge >= 0.3 is 228 Å². The minimum atomic E-state index is -1.08. The minimum absolute atomic E-state index is 0.0248. The summed E-state index contributed by atoms with van der Waals surface area (Å²) in [5.41, 5.74) is 2.16. The van der Waals surface area contributed by atoms with Gasteiger partial charge in [-0.05, 0) is 0 Å². The number of esters is 1. The zero-order valence-corrected chi connectivity index (χ0v) is 23.8. The first-order chi connectivity index (χ1) is 17.8. The number of rotatable bonds is 14. The third-order valence-electron chi connectivity index (χ3n) is 6.58. The van der Waals surface area contributed by atoms with E-state index in [9.17, 15) is 9.90 Å². The van der Waals surface area contributed by atoms with E-state index in [1.807, 2.05) is 97.9 Å². The molecule has 6 heteroatoms. The first-order valence-corrected chi connectivity index (χ1v) is 14.3. The zero-order chi connectivity index (χ0) is 26.7. The summed E-state index contributed by atoms with van der Waals surface area (Å²) >= 11 is -0.355. The van der Waals surface area contributed by atoms with Gasteiger partial charge in [0.25, 0.3) is 0 Å². The second-order valence-corrected chi connectivity index (χ2v) is 12.8. The number of aliphatic hydroxyl groups excluding tert-OH is 1. The molecule has 0 spiro atoms. The Labute approximate surface area is 227 Å². The van der Waals surface area contributed by atoms with Crippen LogP contribution in [0.15, 0.2) is 91.0 Å². The molecule has 0 saturated carbocycles. The Balaban J connectivity index is 1.79.